The zero-order valence-electron chi connectivity index (χ0n) is 21.8. The monoisotopic (exact) mass is 473 g/mol. The van der Waals surface area contributed by atoms with Crippen molar-refractivity contribution in [1.82, 2.24) is 0 Å². The first kappa shape index (κ1) is 32.7. The van der Waals surface area contributed by atoms with Crippen LogP contribution in [0.4, 0.5) is 0 Å². The second-order valence-corrected chi connectivity index (χ2v) is 15.6. The maximum absolute atomic E-state index is 10.2. The minimum absolute atomic E-state index is 0.147. The summed E-state index contributed by atoms with van der Waals surface area (Å²) in [7, 11) is 9.07. The largest absolute Gasteiger partial charge is 0.550 e. The van der Waals surface area contributed by atoms with E-state index in [1.165, 1.54) is 70.6 Å². The summed E-state index contributed by atoms with van der Waals surface area (Å²) >= 11 is 0. The van der Waals surface area contributed by atoms with Gasteiger partial charge in [-0.1, -0.05) is 76.5 Å². The number of aliphatic carboxylic acids is 1. The lowest BCUT2D eigenvalue weighted by atomic mass is 10.1. The molecular formula is C25H55NO3Si2. The molecule has 0 aromatic carbocycles. The van der Waals surface area contributed by atoms with Gasteiger partial charge in [-0.25, -0.2) is 0 Å². The lowest BCUT2D eigenvalue weighted by Crippen LogP contribution is -2.27. The third-order valence-electron chi connectivity index (χ3n) is 4.72. The Bertz CT molecular complexity index is 377. The van der Waals surface area contributed by atoms with Crippen LogP contribution in [0.1, 0.15) is 103 Å². The van der Waals surface area contributed by atoms with Gasteiger partial charge < -0.3 is 18.8 Å². The standard InChI is InChI=1S/C18H34O2.C4H12N.C3H10OSi2/c1-2-3-4-5-6-7-8-9-10-11-12-13-14-15-16-17-18(19)20;1-5(2,3)4;1-2-4-6-5-3-1/h9-10H,2-8,11-17H2,1H3,(H,19,20);1-4H3;1-3,5-6H2/q;+1;/p-1/b10-9-;;. The summed E-state index contributed by atoms with van der Waals surface area (Å²) in [5, 5.41) is 10.2. The maximum atomic E-state index is 10.2. The van der Waals surface area contributed by atoms with Gasteiger partial charge in [0.1, 0.15) is 9.28 Å². The molecule has 1 heterocycles. The lowest BCUT2D eigenvalue weighted by Gasteiger charge is -2.14. The minimum atomic E-state index is -0.914. The SMILES string of the molecule is C1CO[SiH2][SiH2]C1.CCCCCCCC/C=C\CCCCCCCC(=O)[O-].C[N+](C)(C)C. The molecule has 1 aliphatic heterocycles. The van der Waals surface area contributed by atoms with E-state index >= 15 is 0 Å². The Morgan fingerprint density at radius 1 is 0.871 bits per heavy atom. The number of nitrogens with zero attached hydrogens (tertiary/aromatic N) is 1. The Kier molecular flexibility index (Phi) is 27.3. The van der Waals surface area contributed by atoms with Crippen molar-refractivity contribution in [3.63, 3.8) is 0 Å². The van der Waals surface area contributed by atoms with Crippen LogP contribution in [0, 0.1) is 0 Å². The highest BCUT2D eigenvalue weighted by molar-refractivity contribution is 6.97. The lowest BCUT2D eigenvalue weighted by molar-refractivity contribution is -0.849. The summed E-state index contributed by atoms with van der Waals surface area (Å²) in [6.07, 6.45) is 22.3. The molecule has 1 saturated heterocycles. The molecular weight excluding hydrogens is 418 g/mol. The highest BCUT2D eigenvalue weighted by atomic mass is 29.2. The highest BCUT2D eigenvalue weighted by Gasteiger charge is 1.97. The fourth-order valence-electron chi connectivity index (χ4n) is 3.03. The highest BCUT2D eigenvalue weighted by Crippen LogP contribution is 2.09. The van der Waals surface area contributed by atoms with Crippen LogP contribution in [0.3, 0.4) is 0 Å². The van der Waals surface area contributed by atoms with Crippen molar-refractivity contribution in [3.8, 4) is 0 Å². The second-order valence-electron chi connectivity index (χ2n) is 10.1. The van der Waals surface area contributed by atoms with Gasteiger partial charge in [0.2, 0.25) is 0 Å². The molecule has 1 aliphatic rings. The first-order valence-electron chi connectivity index (χ1n) is 13.0. The molecule has 0 aromatic heterocycles. The van der Waals surface area contributed by atoms with E-state index in [0.29, 0.717) is 9.04 Å². The summed E-state index contributed by atoms with van der Waals surface area (Å²) < 4.78 is 6.27. The van der Waals surface area contributed by atoms with Crippen LogP contribution in [0.5, 0.6) is 0 Å². The van der Waals surface area contributed by atoms with Crippen molar-refractivity contribution >= 4 is 24.3 Å². The summed E-state index contributed by atoms with van der Waals surface area (Å²) in [5.74, 6) is -0.914. The number of carbonyl (C=O) groups excluding carboxylic acids is 1. The minimum Gasteiger partial charge on any atom is -0.550 e. The predicted molar refractivity (Wildman–Crippen MR) is 141 cm³/mol. The van der Waals surface area contributed by atoms with E-state index in [1.54, 1.807) is 6.04 Å². The van der Waals surface area contributed by atoms with Gasteiger partial charge >= 0.3 is 0 Å². The van der Waals surface area contributed by atoms with Crippen molar-refractivity contribution in [3.05, 3.63) is 12.2 Å². The molecule has 0 amide bonds. The number of carboxylic acids is 1. The molecule has 0 aromatic rings. The Hall–Kier alpha value is -0.436. The molecule has 0 atom stereocenters. The average Bonchev–Trinajstić information content (AvgIpc) is 2.71. The Morgan fingerprint density at radius 3 is 1.71 bits per heavy atom. The average molecular weight is 474 g/mol. The molecule has 0 bridgehead atoms. The number of quaternary nitrogens is 1. The molecule has 0 saturated carbocycles. The first-order chi connectivity index (χ1) is 14.8. The third kappa shape index (κ3) is 44.1. The van der Waals surface area contributed by atoms with E-state index < -0.39 is 5.97 Å². The van der Waals surface area contributed by atoms with Gasteiger partial charge in [0.05, 0.1) is 28.2 Å². The van der Waals surface area contributed by atoms with Crippen molar-refractivity contribution in [2.24, 2.45) is 0 Å². The second kappa shape index (κ2) is 25.8. The van der Waals surface area contributed by atoms with Crippen LogP contribution >= 0.6 is 0 Å². The van der Waals surface area contributed by atoms with Crippen LogP contribution in [-0.4, -0.2) is 63.6 Å². The van der Waals surface area contributed by atoms with Gasteiger partial charge in [0.25, 0.3) is 0 Å². The van der Waals surface area contributed by atoms with E-state index in [0.717, 1.165) is 30.4 Å². The fraction of sp³-hybridized carbons (Fsp3) is 0.880. The summed E-state index contributed by atoms with van der Waals surface area (Å²) in [6, 6.07) is 1.58. The molecule has 0 spiro atoms. The Morgan fingerprint density at radius 2 is 1.35 bits per heavy atom. The number of allylic oxidation sites excluding steroid dienone is 2. The van der Waals surface area contributed by atoms with Gasteiger partial charge in [-0.2, -0.15) is 0 Å². The topological polar surface area (TPSA) is 49.4 Å². The Labute approximate surface area is 199 Å². The summed E-state index contributed by atoms with van der Waals surface area (Å²) in [5.41, 5.74) is 0. The number of rotatable bonds is 15. The van der Waals surface area contributed by atoms with Gasteiger partial charge in [0, 0.05) is 21.6 Å². The molecule has 0 N–H and O–H groups in total. The van der Waals surface area contributed by atoms with Crippen molar-refractivity contribution in [2.75, 3.05) is 34.8 Å². The molecule has 31 heavy (non-hydrogen) atoms. The first-order valence-corrected chi connectivity index (χ1v) is 18.6. The van der Waals surface area contributed by atoms with Crippen LogP contribution in [0.15, 0.2) is 12.2 Å². The van der Waals surface area contributed by atoms with Crippen molar-refractivity contribution in [2.45, 2.75) is 109 Å². The zero-order chi connectivity index (χ0) is 23.6. The Balaban J connectivity index is 0. The fourth-order valence-corrected chi connectivity index (χ4v) is 7.30. The molecule has 186 valence electrons. The number of carbonyl (C=O) groups is 1. The molecule has 6 heteroatoms. The van der Waals surface area contributed by atoms with Crippen LogP contribution in [0.25, 0.3) is 0 Å². The molecule has 0 aliphatic carbocycles. The number of hydrogen-bond donors (Lipinski definition) is 0. The van der Waals surface area contributed by atoms with Gasteiger partial charge in [-0.15, -0.1) is 0 Å². The molecule has 0 unspecified atom stereocenters. The van der Waals surface area contributed by atoms with E-state index in [9.17, 15) is 9.90 Å². The molecule has 1 fully saturated rings. The van der Waals surface area contributed by atoms with Crippen LogP contribution < -0.4 is 5.11 Å². The van der Waals surface area contributed by atoms with E-state index in [2.05, 4.69) is 47.3 Å². The van der Waals surface area contributed by atoms with E-state index in [-0.39, 0.29) is 15.7 Å². The zero-order valence-corrected chi connectivity index (χ0v) is 24.6. The van der Waals surface area contributed by atoms with E-state index in [4.69, 9.17) is 4.43 Å². The van der Waals surface area contributed by atoms with Gasteiger partial charge in [0.15, 0.2) is 0 Å². The number of carboxylic acid groups (broad SMARTS) is 1. The third-order valence-corrected chi connectivity index (χ3v) is 9.82. The maximum Gasteiger partial charge on any atom is 0.143 e. The molecule has 0 radical (unpaired) electrons. The van der Waals surface area contributed by atoms with Gasteiger partial charge in [-0.05, 0) is 44.9 Å². The summed E-state index contributed by atoms with van der Waals surface area (Å²) in [4.78, 5) is 10.2. The number of unbranched alkanes of at least 4 members (excludes halogenated alkanes) is 11. The van der Waals surface area contributed by atoms with Gasteiger partial charge in [-0.3, -0.25) is 0 Å². The summed E-state index contributed by atoms with van der Waals surface area (Å²) in [6.45, 7) is 3.35. The smallest absolute Gasteiger partial charge is 0.143 e. The van der Waals surface area contributed by atoms with E-state index in [1.807, 2.05) is 0 Å². The number of hydrogen-bond acceptors (Lipinski definition) is 3. The van der Waals surface area contributed by atoms with Crippen LogP contribution in [-0.2, 0) is 9.22 Å². The molecule has 4 nitrogen and oxygen atoms in total. The normalized spacial score (nSPS) is 15.4. The quantitative estimate of drug-likeness (QED) is 0.156. The molecule has 1 rings (SSSR count). The van der Waals surface area contributed by atoms with Crippen molar-refractivity contribution in [1.29, 1.82) is 0 Å². The predicted octanol–water partition coefficient (Wildman–Crippen LogP) is 4.09. The van der Waals surface area contributed by atoms with Crippen molar-refractivity contribution < 1.29 is 18.8 Å². The van der Waals surface area contributed by atoms with Crippen LogP contribution in [0.2, 0.25) is 6.04 Å².